The van der Waals surface area contributed by atoms with Gasteiger partial charge in [-0.25, -0.2) is 4.98 Å². The van der Waals surface area contributed by atoms with E-state index in [0.717, 1.165) is 0 Å². The summed E-state index contributed by atoms with van der Waals surface area (Å²) < 4.78 is 11.7. The Bertz CT molecular complexity index is 983. The largest absolute Gasteiger partial charge is 0.497 e. The lowest BCUT2D eigenvalue weighted by atomic mass is 10.3. The maximum Gasteiger partial charge on any atom is 0.292 e. The third kappa shape index (κ3) is 4.29. The highest BCUT2D eigenvalue weighted by atomic mass is 16.5. The second kappa shape index (κ2) is 9.01. The molecule has 28 heavy (non-hydrogen) atoms. The van der Waals surface area contributed by atoms with Crippen molar-refractivity contribution in [3.05, 3.63) is 60.2 Å². The number of aromatic nitrogens is 2. The Labute approximate surface area is 162 Å². The van der Waals surface area contributed by atoms with Crippen molar-refractivity contribution in [2.75, 3.05) is 32.7 Å². The number of benzene rings is 1. The second-order valence-corrected chi connectivity index (χ2v) is 6.03. The first-order valence-electron chi connectivity index (χ1n) is 8.83. The molecule has 3 rings (SSSR count). The van der Waals surface area contributed by atoms with E-state index in [0.29, 0.717) is 36.5 Å². The number of ether oxygens (including phenoxy) is 2. The van der Waals surface area contributed by atoms with E-state index < -0.39 is 5.91 Å². The molecule has 0 spiro atoms. The molecule has 0 aliphatic carbocycles. The molecular weight excluding hydrogens is 360 g/mol. The Hall–Kier alpha value is -3.39. The summed E-state index contributed by atoms with van der Waals surface area (Å²) in [5.41, 5.74) is 1.33. The number of carbonyl (C=O) groups excluding carboxylic acids is 2. The van der Waals surface area contributed by atoms with Gasteiger partial charge >= 0.3 is 0 Å². The van der Waals surface area contributed by atoms with E-state index in [1.54, 1.807) is 67.3 Å². The molecule has 8 heteroatoms. The van der Waals surface area contributed by atoms with E-state index in [4.69, 9.17) is 9.47 Å². The van der Waals surface area contributed by atoms with Crippen LogP contribution in [0, 0.1) is 0 Å². The van der Waals surface area contributed by atoms with Gasteiger partial charge in [0.15, 0.2) is 5.69 Å². The van der Waals surface area contributed by atoms with Gasteiger partial charge in [0, 0.05) is 38.2 Å². The van der Waals surface area contributed by atoms with Gasteiger partial charge in [-0.15, -0.1) is 0 Å². The normalized spacial score (nSPS) is 10.6. The molecule has 8 nitrogen and oxygen atoms in total. The zero-order chi connectivity index (χ0) is 19.9. The zero-order valence-corrected chi connectivity index (χ0v) is 15.8. The number of carbonyl (C=O) groups is 2. The van der Waals surface area contributed by atoms with E-state index in [-0.39, 0.29) is 17.4 Å². The van der Waals surface area contributed by atoms with E-state index in [9.17, 15) is 9.59 Å². The van der Waals surface area contributed by atoms with Gasteiger partial charge in [-0.2, -0.15) is 0 Å². The van der Waals surface area contributed by atoms with E-state index >= 15 is 0 Å². The van der Waals surface area contributed by atoms with Crippen LogP contribution in [0.4, 0.5) is 5.69 Å². The Kier molecular flexibility index (Phi) is 6.23. The molecule has 2 amide bonds. The second-order valence-electron chi connectivity index (χ2n) is 6.03. The van der Waals surface area contributed by atoms with E-state index in [2.05, 4.69) is 15.6 Å². The van der Waals surface area contributed by atoms with Gasteiger partial charge in [0.25, 0.3) is 11.8 Å². The molecule has 0 saturated heterocycles. The average molecular weight is 382 g/mol. The molecule has 0 aliphatic heterocycles. The predicted octanol–water partition coefficient (Wildman–Crippen LogP) is 2.36. The molecule has 0 radical (unpaired) electrons. The molecule has 0 bridgehead atoms. The van der Waals surface area contributed by atoms with Crippen molar-refractivity contribution in [1.82, 2.24) is 14.7 Å². The summed E-state index contributed by atoms with van der Waals surface area (Å²) in [7, 11) is 3.17. The molecule has 0 saturated carbocycles. The van der Waals surface area contributed by atoms with Crippen molar-refractivity contribution in [2.45, 2.75) is 6.42 Å². The van der Waals surface area contributed by atoms with Crippen LogP contribution in [-0.2, 0) is 4.74 Å². The summed E-state index contributed by atoms with van der Waals surface area (Å²) in [6.07, 6.45) is 2.39. The standard InChI is InChI=1S/C20H22N4O4/c1-27-12-6-10-21-19(25)17-16-9-3-4-11-24(16)18(23-17)20(26)22-14-7-5-8-15(13-14)28-2/h3-5,7-9,11,13H,6,10,12H2,1-2H3,(H,21,25)(H,22,26). The Morgan fingerprint density at radius 2 is 1.96 bits per heavy atom. The summed E-state index contributed by atoms with van der Waals surface area (Å²) in [6.45, 7) is 1.02. The van der Waals surface area contributed by atoms with Crippen molar-refractivity contribution in [3.63, 3.8) is 0 Å². The third-order valence-electron chi connectivity index (χ3n) is 4.10. The summed E-state index contributed by atoms with van der Waals surface area (Å²) in [5, 5.41) is 5.59. The fraction of sp³-hybridized carbons (Fsp3) is 0.250. The molecule has 2 aromatic heterocycles. The van der Waals surface area contributed by atoms with Crippen molar-refractivity contribution in [2.24, 2.45) is 0 Å². The number of imidazole rings is 1. The predicted molar refractivity (Wildman–Crippen MR) is 105 cm³/mol. The lowest BCUT2D eigenvalue weighted by Crippen LogP contribution is -2.26. The average Bonchev–Trinajstić information content (AvgIpc) is 3.11. The van der Waals surface area contributed by atoms with Gasteiger partial charge in [0.1, 0.15) is 5.75 Å². The van der Waals surface area contributed by atoms with E-state index in [1.165, 1.54) is 0 Å². The van der Waals surface area contributed by atoms with Crippen molar-refractivity contribution in [3.8, 4) is 5.75 Å². The maximum absolute atomic E-state index is 12.8. The molecule has 0 aliphatic rings. The molecule has 3 aromatic rings. The van der Waals surface area contributed by atoms with Crippen molar-refractivity contribution < 1.29 is 19.1 Å². The Balaban J connectivity index is 1.84. The van der Waals surface area contributed by atoms with Crippen molar-refractivity contribution in [1.29, 1.82) is 0 Å². The molecule has 146 valence electrons. The molecule has 0 unspecified atom stereocenters. The molecule has 2 N–H and O–H groups in total. The fourth-order valence-electron chi connectivity index (χ4n) is 2.76. The highest BCUT2D eigenvalue weighted by molar-refractivity contribution is 6.06. The van der Waals surface area contributed by atoms with Crippen LogP contribution in [0.3, 0.4) is 0 Å². The van der Waals surface area contributed by atoms with E-state index in [1.807, 2.05) is 0 Å². The molecule has 0 fully saturated rings. The maximum atomic E-state index is 12.8. The number of fused-ring (bicyclic) bond motifs is 1. The molecular formula is C20H22N4O4. The van der Waals surface area contributed by atoms with Crippen LogP contribution in [-0.4, -0.2) is 48.6 Å². The summed E-state index contributed by atoms with van der Waals surface area (Å²) >= 11 is 0. The summed E-state index contributed by atoms with van der Waals surface area (Å²) in [4.78, 5) is 29.6. The number of nitrogens with zero attached hydrogens (tertiary/aromatic N) is 2. The monoisotopic (exact) mass is 382 g/mol. The Morgan fingerprint density at radius 3 is 2.75 bits per heavy atom. The van der Waals surface area contributed by atoms with Crippen LogP contribution < -0.4 is 15.4 Å². The fourth-order valence-corrected chi connectivity index (χ4v) is 2.76. The molecule has 0 atom stereocenters. The number of rotatable bonds is 8. The lowest BCUT2D eigenvalue weighted by molar-refractivity contribution is 0.0946. The topological polar surface area (TPSA) is 94.0 Å². The van der Waals surface area contributed by atoms with Crippen LogP contribution in [0.2, 0.25) is 0 Å². The van der Waals surface area contributed by atoms with Gasteiger partial charge < -0.3 is 20.1 Å². The van der Waals surface area contributed by atoms with Gasteiger partial charge in [-0.3, -0.25) is 14.0 Å². The number of pyridine rings is 1. The SMILES string of the molecule is COCCCNC(=O)c1nc(C(=O)Nc2cccc(OC)c2)n2ccccc12. The van der Waals surface area contributed by atoms with Gasteiger partial charge in [0.05, 0.1) is 12.6 Å². The van der Waals surface area contributed by atoms with Gasteiger partial charge in [-0.05, 0) is 30.7 Å². The number of hydrogen-bond acceptors (Lipinski definition) is 5. The minimum atomic E-state index is -0.423. The number of nitrogens with one attached hydrogen (secondary N) is 2. The smallest absolute Gasteiger partial charge is 0.292 e. The van der Waals surface area contributed by atoms with Crippen LogP contribution >= 0.6 is 0 Å². The number of methoxy groups -OCH3 is 2. The van der Waals surface area contributed by atoms with Crippen LogP contribution in [0.15, 0.2) is 48.7 Å². The Morgan fingerprint density at radius 1 is 1.11 bits per heavy atom. The summed E-state index contributed by atoms with van der Waals surface area (Å²) in [6, 6.07) is 12.3. The first kappa shape index (κ1) is 19.4. The first-order chi connectivity index (χ1) is 13.6. The first-order valence-corrected chi connectivity index (χ1v) is 8.83. The van der Waals surface area contributed by atoms with Crippen LogP contribution in [0.1, 0.15) is 27.5 Å². The minimum absolute atomic E-state index is 0.125. The van der Waals surface area contributed by atoms with Crippen LogP contribution in [0.5, 0.6) is 5.75 Å². The number of hydrogen-bond donors (Lipinski definition) is 2. The molecule has 2 heterocycles. The lowest BCUT2D eigenvalue weighted by Gasteiger charge is -2.06. The quantitative estimate of drug-likeness (QED) is 0.584. The van der Waals surface area contributed by atoms with Crippen molar-refractivity contribution >= 4 is 23.0 Å². The van der Waals surface area contributed by atoms with Gasteiger partial charge in [0.2, 0.25) is 5.82 Å². The van der Waals surface area contributed by atoms with Crippen LogP contribution in [0.25, 0.3) is 5.52 Å². The zero-order valence-electron chi connectivity index (χ0n) is 15.8. The number of amides is 2. The van der Waals surface area contributed by atoms with Gasteiger partial charge in [-0.1, -0.05) is 12.1 Å². The highest BCUT2D eigenvalue weighted by Crippen LogP contribution is 2.19. The minimum Gasteiger partial charge on any atom is -0.497 e. The number of anilines is 1. The third-order valence-corrected chi connectivity index (χ3v) is 4.10. The molecule has 1 aromatic carbocycles. The highest BCUT2D eigenvalue weighted by Gasteiger charge is 2.21. The summed E-state index contributed by atoms with van der Waals surface area (Å²) in [5.74, 6) is -0.00418.